The Morgan fingerprint density at radius 2 is 2.06 bits per heavy atom. The van der Waals surface area contributed by atoms with Crippen molar-refractivity contribution in [2.45, 2.75) is 44.4 Å². The number of amides is 1. The second kappa shape index (κ2) is 8.47. The predicted octanol–water partition coefficient (Wildman–Crippen LogP) is 5.17. The molecule has 1 fully saturated rings. The van der Waals surface area contributed by atoms with Gasteiger partial charge >= 0.3 is 6.18 Å². The Balaban J connectivity index is 1.50. The highest BCUT2D eigenvalue weighted by Crippen LogP contribution is 2.47. The van der Waals surface area contributed by atoms with Gasteiger partial charge in [-0.25, -0.2) is 14.1 Å². The van der Waals surface area contributed by atoms with Crippen LogP contribution in [0.3, 0.4) is 0 Å². The number of alkyl halides is 3. The Labute approximate surface area is 192 Å². The third kappa shape index (κ3) is 4.65. The maximum Gasteiger partial charge on any atom is 0.436 e. The van der Waals surface area contributed by atoms with Crippen LogP contribution in [0.25, 0.3) is 0 Å². The van der Waals surface area contributed by atoms with Gasteiger partial charge in [-0.05, 0) is 53.4 Å². The molecule has 1 amide bonds. The lowest BCUT2D eigenvalue weighted by molar-refractivity contribution is -0.142. The van der Waals surface area contributed by atoms with Gasteiger partial charge in [0, 0.05) is 10.9 Å². The quantitative estimate of drug-likeness (QED) is 0.442. The molecule has 170 valence electrons. The second-order valence-corrected chi connectivity index (χ2v) is 8.63. The zero-order valence-electron chi connectivity index (χ0n) is 16.5. The van der Waals surface area contributed by atoms with E-state index >= 15 is 0 Å². The minimum Gasteiger partial charge on any atom is -0.291 e. The van der Waals surface area contributed by atoms with Crippen molar-refractivity contribution in [3.8, 4) is 0 Å². The molecule has 4 rings (SSSR count). The molecule has 1 N–H and O–H groups in total. The summed E-state index contributed by atoms with van der Waals surface area (Å²) in [5, 5.41) is 10.5. The van der Waals surface area contributed by atoms with E-state index in [1.165, 1.54) is 36.1 Å². The SMILES string of the molecule is CC(C(=O)Nc1ncn(Cc2ccc(F)cc2Cl)n1)n1nc(C(F)(F)F)c(Br)c1C1CC1. The molecule has 0 saturated heterocycles. The maximum atomic E-state index is 13.3. The normalized spacial score (nSPS) is 15.1. The van der Waals surface area contributed by atoms with E-state index in [1.54, 1.807) is 0 Å². The Hall–Kier alpha value is -2.47. The first kappa shape index (κ1) is 22.7. The molecule has 1 aliphatic rings. The topological polar surface area (TPSA) is 77.6 Å². The van der Waals surface area contributed by atoms with Gasteiger partial charge in [-0.1, -0.05) is 17.7 Å². The summed E-state index contributed by atoms with van der Waals surface area (Å²) in [6.07, 6.45) is -1.84. The molecule has 13 heteroatoms. The van der Waals surface area contributed by atoms with Crippen LogP contribution in [0.4, 0.5) is 23.5 Å². The van der Waals surface area contributed by atoms with Crippen LogP contribution in [0.5, 0.6) is 0 Å². The smallest absolute Gasteiger partial charge is 0.291 e. The number of halogens is 6. The summed E-state index contributed by atoms with van der Waals surface area (Å²) < 4.78 is 55.5. The number of benzene rings is 1. The van der Waals surface area contributed by atoms with Gasteiger partial charge < -0.3 is 0 Å². The maximum absolute atomic E-state index is 13.3. The molecule has 0 aliphatic heterocycles. The van der Waals surface area contributed by atoms with E-state index in [-0.39, 0.29) is 27.9 Å². The first-order valence-corrected chi connectivity index (χ1v) is 10.7. The van der Waals surface area contributed by atoms with Gasteiger partial charge in [0.05, 0.1) is 16.7 Å². The van der Waals surface area contributed by atoms with Crippen molar-refractivity contribution < 1.29 is 22.4 Å². The number of carbonyl (C=O) groups is 1. The molecular formula is C19H16BrClF4N6O. The van der Waals surface area contributed by atoms with E-state index < -0.39 is 29.6 Å². The third-order valence-electron chi connectivity index (χ3n) is 4.99. The lowest BCUT2D eigenvalue weighted by Gasteiger charge is -2.14. The summed E-state index contributed by atoms with van der Waals surface area (Å²) in [6, 6.07) is 2.91. The molecular weight excluding hydrogens is 520 g/mol. The Morgan fingerprint density at radius 1 is 1.34 bits per heavy atom. The number of hydrogen-bond acceptors (Lipinski definition) is 4. The highest BCUT2D eigenvalue weighted by molar-refractivity contribution is 9.10. The molecule has 2 aromatic heterocycles. The minimum absolute atomic E-state index is 0.0321. The average molecular weight is 536 g/mol. The minimum atomic E-state index is -4.65. The number of aromatic nitrogens is 5. The molecule has 1 aliphatic carbocycles. The van der Waals surface area contributed by atoms with Gasteiger partial charge in [0.2, 0.25) is 5.95 Å². The highest BCUT2D eigenvalue weighted by atomic mass is 79.9. The summed E-state index contributed by atoms with van der Waals surface area (Å²) in [4.78, 5) is 16.7. The van der Waals surface area contributed by atoms with E-state index in [9.17, 15) is 22.4 Å². The molecule has 3 aromatic rings. The van der Waals surface area contributed by atoms with Crippen LogP contribution in [0.15, 0.2) is 29.0 Å². The summed E-state index contributed by atoms with van der Waals surface area (Å²) in [5.74, 6) is -1.20. The lowest BCUT2D eigenvalue weighted by Crippen LogP contribution is -2.26. The molecule has 0 spiro atoms. The van der Waals surface area contributed by atoms with Crippen LogP contribution < -0.4 is 5.32 Å². The summed E-state index contributed by atoms with van der Waals surface area (Å²) >= 11 is 9.02. The molecule has 1 saturated carbocycles. The van der Waals surface area contributed by atoms with E-state index in [2.05, 4.69) is 36.4 Å². The highest BCUT2D eigenvalue weighted by Gasteiger charge is 2.43. The monoisotopic (exact) mass is 534 g/mol. The van der Waals surface area contributed by atoms with Crippen LogP contribution in [0.2, 0.25) is 5.02 Å². The van der Waals surface area contributed by atoms with Gasteiger partial charge in [0.15, 0.2) is 5.69 Å². The van der Waals surface area contributed by atoms with Crippen molar-refractivity contribution in [2.24, 2.45) is 0 Å². The van der Waals surface area contributed by atoms with E-state index in [0.717, 1.165) is 17.5 Å². The van der Waals surface area contributed by atoms with Crippen molar-refractivity contribution >= 4 is 39.4 Å². The van der Waals surface area contributed by atoms with Crippen molar-refractivity contribution in [2.75, 3.05) is 5.32 Å². The molecule has 1 atom stereocenters. The fourth-order valence-electron chi connectivity index (χ4n) is 3.21. The number of carbonyl (C=O) groups excluding carboxylic acids is 1. The molecule has 1 aromatic carbocycles. The first-order chi connectivity index (χ1) is 15.0. The van der Waals surface area contributed by atoms with Gasteiger partial charge in [-0.15, -0.1) is 5.10 Å². The van der Waals surface area contributed by atoms with Gasteiger partial charge in [-0.2, -0.15) is 18.3 Å². The zero-order chi connectivity index (χ0) is 23.2. The number of nitrogens with one attached hydrogen (secondary N) is 1. The summed E-state index contributed by atoms with van der Waals surface area (Å²) in [6.45, 7) is 1.64. The Morgan fingerprint density at radius 3 is 2.69 bits per heavy atom. The van der Waals surface area contributed by atoms with Crippen molar-refractivity contribution in [1.82, 2.24) is 24.5 Å². The number of rotatable bonds is 6. The third-order valence-corrected chi connectivity index (χ3v) is 6.12. The van der Waals surface area contributed by atoms with E-state index in [1.807, 2.05) is 0 Å². The number of nitrogens with zero attached hydrogens (tertiary/aromatic N) is 5. The Bertz CT molecular complexity index is 1170. The fraction of sp³-hybridized carbons (Fsp3) is 0.368. The molecule has 2 heterocycles. The van der Waals surface area contributed by atoms with E-state index in [0.29, 0.717) is 11.3 Å². The lowest BCUT2D eigenvalue weighted by atomic mass is 10.2. The van der Waals surface area contributed by atoms with Gasteiger partial charge in [-0.3, -0.25) is 14.8 Å². The second-order valence-electron chi connectivity index (χ2n) is 7.43. The molecule has 1 unspecified atom stereocenters. The van der Waals surface area contributed by atoms with Crippen molar-refractivity contribution in [3.05, 3.63) is 56.8 Å². The summed E-state index contributed by atoms with van der Waals surface area (Å²) in [5.41, 5.74) is -0.110. The van der Waals surface area contributed by atoms with Crippen molar-refractivity contribution in [1.29, 1.82) is 0 Å². The standard InChI is InChI=1S/C19H16BrClF4N6O/c1-9(31-15(10-2-3-10)14(20)16(28-31)19(23,24)25)17(32)27-18-26-8-30(29-18)7-11-4-5-12(22)6-13(11)21/h4-6,8-10H,2-3,7H2,1H3,(H,27,29,32). The van der Waals surface area contributed by atoms with Crippen molar-refractivity contribution in [3.63, 3.8) is 0 Å². The van der Waals surface area contributed by atoms with Crippen LogP contribution in [-0.2, 0) is 17.5 Å². The molecule has 32 heavy (non-hydrogen) atoms. The molecule has 0 bridgehead atoms. The largest absolute Gasteiger partial charge is 0.436 e. The van der Waals surface area contributed by atoms with Crippen LogP contribution in [0, 0.1) is 5.82 Å². The van der Waals surface area contributed by atoms with Gasteiger partial charge in [0.25, 0.3) is 5.91 Å². The van der Waals surface area contributed by atoms with Gasteiger partial charge in [0.1, 0.15) is 18.2 Å². The Kier molecular flexibility index (Phi) is 6.01. The average Bonchev–Trinajstić information content (AvgIpc) is 3.34. The number of anilines is 1. The summed E-state index contributed by atoms with van der Waals surface area (Å²) in [7, 11) is 0. The molecule has 0 radical (unpaired) electrons. The fourth-order valence-corrected chi connectivity index (χ4v) is 4.24. The molecule has 7 nitrogen and oxygen atoms in total. The first-order valence-electron chi connectivity index (χ1n) is 9.54. The van der Waals surface area contributed by atoms with Crippen LogP contribution in [0.1, 0.15) is 48.7 Å². The van der Waals surface area contributed by atoms with Crippen LogP contribution in [-0.4, -0.2) is 30.5 Å². The zero-order valence-corrected chi connectivity index (χ0v) is 18.8. The van der Waals surface area contributed by atoms with E-state index in [4.69, 9.17) is 11.6 Å². The predicted molar refractivity (Wildman–Crippen MR) is 111 cm³/mol. The number of hydrogen-bond donors (Lipinski definition) is 1. The van der Waals surface area contributed by atoms with Crippen LogP contribution >= 0.6 is 27.5 Å².